The zero-order chi connectivity index (χ0) is 18.6. The van der Waals surface area contributed by atoms with E-state index in [-0.39, 0.29) is 29.9 Å². The topological polar surface area (TPSA) is 65.5 Å². The first-order valence-corrected chi connectivity index (χ1v) is 10.0. The van der Waals surface area contributed by atoms with Gasteiger partial charge in [0, 0.05) is 23.5 Å². The smallest absolute Gasteiger partial charge is 0.251 e. The van der Waals surface area contributed by atoms with Crippen molar-refractivity contribution < 1.29 is 4.79 Å². The summed E-state index contributed by atoms with van der Waals surface area (Å²) < 4.78 is 0. The SMILES string of the molecule is CCCCNC(=O)c1ccc(CN=C(NCC)NCc2cccs2)cc1.I. The highest BCUT2D eigenvalue weighted by Crippen LogP contribution is 2.08. The molecule has 0 unspecified atom stereocenters. The van der Waals surface area contributed by atoms with Crippen LogP contribution < -0.4 is 16.0 Å². The number of guanidine groups is 1. The largest absolute Gasteiger partial charge is 0.357 e. The number of nitrogens with one attached hydrogen (secondary N) is 3. The summed E-state index contributed by atoms with van der Waals surface area (Å²) in [6.45, 7) is 7.03. The molecule has 148 valence electrons. The van der Waals surface area contributed by atoms with Crippen molar-refractivity contribution in [1.29, 1.82) is 0 Å². The van der Waals surface area contributed by atoms with Crippen LogP contribution in [0.1, 0.15) is 47.5 Å². The van der Waals surface area contributed by atoms with Crippen LogP contribution >= 0.6 is 35.3 Å². The normalized spacial score (nSPS) is 10.8. The van der Waals surface area contributed by atoms with Gasteiger partial charge in [-0.15, -0.1) is 35.3 Å². The lowest BCUT2D eigenvalue weighted by Gasteiger charge is -2.10. The Morgan fingerprint density at radius 2 is 1.85 bits per heavy atom. The van der Waals surface area contributed by atoms with Gasteiger partial charge in [0.2, 0.25) is 0 Å². The Morgan fingerprint density at radius 1 is 1.07 bits per heavy atom. The molecule has 2 aromatic rings. The minimum Gasteiger partial charge on any atom is -0.357 e. The summed E-state index contributed by atoms with van der Waals surface area (Å²) >= 11 is 1.73. The predicted octanol–water partition coefficient (Wildman–Crippen LogP) is 4.15. The van der Waals surface area contributed by atoms with Gasteiger partial charge in [-0.1, -0.05) is 31.5 Å². The highest BCUT2D eigenvalue weighted by molar-refractivity contribution is 14.0. The molecule has 1 aromatic carbocycles. The molecule has 3 N–H and O–H groups in total. The fourth-order valence-corrected chi connectivity index (χ4v) is 2.98. The number of nitrogens with zero attached hydrogens (tertiary/aromatic N) is 1. The highest BCUT2D eigenvalue weighted by atomic mass is 127. The van der Waals surface area contributed by atoms with Crippen molar-refractivity contribution in [2.45, 2.75) is 39.8 Å². The second-order valence-electron chi connectivity index (χ2n) is 5.93. The third-order valence-corrected chi connectivity index (χ3v) is 4.68. The van der Waals surface area contributed by atoms with E-state index in [4.69, 9.17) is 0 Å². The van der Waals surface area contributed by atoms with Crippen molar-refractivity contribution in [2.75, 3.05) is 13.1 Å². The number of hydrogen-bond donors (Lipinski definition) is 3. The van der Waals surface area contributed by atoms with Crippen molar-refractivity contribution in [3.63, 3.8) is 0 Å². The number of carbonyl (C=O) groups excluding carboxylic acids is 1. The Morgan fingerprint density at radius 3 is 2.48 bits per heavy atom. The lowest BCUT2D eigenvalue weighted by atomic mass is 10.1. The summed E-state index contributed by atoms with van der Waals surface area (Å²) in [5, 5.41) is 11.6. The van der Waals surface area contributed by atoms with Crippen LogP contribution in [-0.2, 0) is 13.1 Å². The molecular formula is C20H29IN4OS. The molecule has 7 heteroatoms. The van der Waals surface area contributed by atoms with Gasteiger partial charge < -0.3 is 16.0 Å². The van der Waals surface area contributed by atoms with E-state index in [0.29, 0.717) is 12.1 Å². The fourth-order valence-electron chi connectivity index (χ4n) is 2.34. The van der Waals surface area contributed by atoms with Gasteiger partial charge >= 0.3 is 0 Å². The quantitative estimate of drug-likeness (QED) is 0.210. The highest BCUT2D eigenvalue weighted by Gasteiger charge is 2.04. The predicted molar refractivity (Wildman–Crippen MR) is 125 cm³/mol. The van der Waals surface area contributed by atoms with Gasteiger partial charge in [0.1, 0.15) is 0 Å². The molecule has 27 heavy (non-hydrogen) atoms. The van der Waals surface area contributed by atoms with Crippen LogP contribution in [0.5, 0.6) is 0 Å². The van der Waals surface area contributed by atoms with E-state index in [2.05, 4.69) is 39.3 Å². The Balaban J connectivity index is 0.00000364. The number of amides is 1. The molecule has 0 fully saturated rings. The molecule has 0 aliphatic carbocycles. The van der Waals surface area contributed by atoms with Gasteiger partial charge in [0.15, 0.2) is 5.96 Å². The number of unbranched alkanes of at least 4 members (excludes halogenated alkanes) is 1. The number of thiophene rings is 1. The molecule has 1 aromatic heterocycles. The van der Waals surface area contributed by atoms with Crippen LogP contribution in [0.3, 0.4) is 0 Å². The van der Waals surface area contributed by atoms with E-state index in [1.165, 1.54) is 4.88 Å². The summed E-state index contributed by atoms with van der Waals surface area (Å²) in [4.78, 5) is 17.9. The van der Waals surface area contributed by atoms with E-state index in [0.717, 1.165) is 44.0 Å². The molecule has 0 atom stereocenters. The number of halogens is 1. The van der Waals surface area contributed by atoms with Gasteiger partial charge in [-0.2, -0.15) is 0 Å². The minimum atomic E-state index is -0.0144. The van der Waals surface area contributed by atoms with Crippen LogP contribution in [0.4, 0.5) is 0 Å². The minimum absolute atomic E-state index is 0. The maximum Gasteiger partial charge on any atom is 0.251 e. The zero-order valence-electron chi connectivity index (χ0n) is 16.0. The van der Waals surface area contributed by atoms with Crippen molar-refractivity contribution >= 4 is 47.2 Å². The Hall–Kier alpha value is -1.61. The van der Waals surface area contributed by atoms with E-state index < -0.39 is 0 Å². The fraction of sp³-hybridized carbons (Fsp3) is 0.400. The van der Waals surface area contributed by atoms with Crippen LogP contribution in [0, 0.1) is 0 Å². The molecule has 1 heterocycles. The van der Waals surface area contributed by atoms with Crippen molar-refractivity contribution in [3.05, 3.63) is 57.8 Å². The summed E-state index contributed by atoms with van der Waals surface area (Å²) in [7, 11) is 0. The molecule has 0 saturated carbocycles. The first-order valence-electron chi connectivity index (χ1n) is 9.14. The van der Waals surface area contributed by atoms with Gasteiger partial charge in [0.25, 0.3) is 5.91 Å². The number of rotatable bonds is 9. The second kappa shape index (κ2) is 13.5. The second-order valence-corrected chi connectivity index (χ2v) is 6.97. The van der Waals surface area contributed by atoms with Gasteiger partial charge in [-0.25, -0.2) is 4.99 Å². The van der Waals surface area contributed by atoms with E-state index in [1.54, 1.807) is 11.3 Å². The van der Waals surface area contributed by atoms with Gasteiger partial charge in [-0.3, -0.25) is 4.79 Å². The summed E-state index contributed by atoms with van der Waals surface area (Å²) in [6, 6.07) is 11.8. The summed E-state index contributed by atoms with van der Waals surface area (Å²) in [6.07, 6.45) is 2.08. The molecule has 0 aliphatic rings. The monoisotopic (exact) mass is 500 g/mol. The van der Waals surface area contributed by atoms with E-state index >= 15 is 0 Å². The van der Waals surface area contributed by atoms with Crippen LogP contribution in [0.15, 0.2) is 46.8 Å². The number of aliphatic imine (C=N–C) groups is 1. The number of hydrogen-bond acceptors (Lipinski definition) is 3. The van der Waals surface area contributed by atoms with E-state index in [1.807, 2.05) is 37.3 Å². The van der Waals surface area contributed by atoms with Crippen molar-refractivity contribution in [3.8, 4) is 0 Å². The number of benzene rings is 1. The Kier molecular flexibility index (Phi) is 11.8. The third kappa shape index (κ3) is 8.75. The molecule has 0 bridgehead atoms. The van der Waals surface area contributed by atoms with Crippen molar-refractivity contribution in [2.24, 2.45) is 4.99 Å². The third-order valence-electron chi connectivity index (χ3n) is 3.81. The first-order chi connectivity index (χ1) is 12.7. The molecule has 0 spiro atoms. The zero-order valence-corrected chi connectivity index (χ0v) is 19.1. The molecule has 1 amide bonds. The summed E-state index contributed by atoms with van der Waals surface area (Å²) in [5.41, 5.74) is 1.76. The van der Waals surface area contributed by atoms with E-state index in [9.17, 15) is 4.79 Å². The standard InChI is InChI=1S/C20H28N4OS.HI/c1-3-5-12-22-19(25)17-10-8-16(9-11-17)14-23-20(21-4-2)24-15-18-7-6-13-26-18;/h6-11,13H,3-5,12,14-15H2,1-2H3,(H,22,25)(H2,21,23,24);1H. The van der Waals surface area contributed by atoms with Crippen LogP contribution in [0.25, 0.3) is 0 Å². The summed E-state index contributed by atoms with van der Waals surface area (Å²) in [5.74, 6) is 0.779. The first kappa shape index (κ1) is 23.4. The average molecular weight is 500 g/mol. The molecule has 5 nitrogen and oxygen atoms in total. The van der Waals surface area contributed by atoms with Crippen LogP contribution in [0.2, 0.25) is 0 Å². The van der Waals surface area contributed by atoms with Crippen molar-refractivity contribution in [1.82, 2.24) is 16.0 Å². The molecule has 2 rings (SSSR count). The lowest BCUT2D eigenvalue weighted by Crippen LogP contribution is -2.36. The lowest BCUT2D eigenvalue weighted by molar-refractivity contribution is 0.0953. The molecular weight excluding hydrogens is 471 g/mol. The van der Waals surface area contributed by atoms with Gasteiger partial charge in [0.05, 0.1) is 13.1 Å². The molecule has 0 radical (unpaired) electrons. The molecule has 0 saturated heterocycles. The molecule has 0 aliphatic heterocycles. The Labute approximate surface area is 183 Å². The Bertz CT molecular complexity index is 687. The average Bonchev–Trinajstić information content (AvgIpc) is 3.18. The number of carbonyl (C=O) groups is 1. The maximum atomic E-state index is 12.0. The van der Waals surface area contributed by atoms with Crippen LogP contribution in [-0.4, -0.2) is 25.0 Å². The maximum absolute atomic E-state index is 12.0. The van der Waals surface area contributed by atoms with Gasteiger partial charge in [-0.05, 0) is 42.5 Å².